The molecule has 1 aromatic heterocycles. The molecule has 0 saturated heterocycles. The summed E-state index contributed by atoms with van der Waals surface area (Å²) in [5.41, 5.74) is 2.54. The Hall–Kier alpha value is -2.23. The second-order valence-electron chi connectivity index (χ2n) is 5.93. The van der Waals surface area contributed by atoms with Crippen molar-refractivity contribution < 1.29 is 4.42 Å². The number of rotatable bonds is 6. The highest BCUT2D eigenvalue weighted by Crippen LogP contribution is 2.13. The fraction of sp³-hybridized carbons (Fsp3) is 0.421. The molecule has 23 heavy (non-hydrogen) atoms. The molecular weight excluding hydrogens is 286 g/mol. The Balaban J connectivity index is 1.78. The van der Waals surface area contributed by atoms with Gasteiger partial charge in [0.2, 0.25) is 0 Å². The molecule has 0 bridgehead atoms. The Bertz CT molecular complexity index is 631. The number of hydrogen-bond acceptors (Lipinski definition) is 2. The van der Waals surface area contributed by atoms with E-state index >= 15 is 0 Å². The second-order valence-corrected chi connectivity index (χ2v) is 5.93. The quantitative estimate of drug-likeness (QED) is 0.633. The molecule has 4 nitrogen and oxygen atoms in total. The van der Waals surface area contributed by atoms with Gasteiger partial charge in [0.1, 0.15) is 11.5 Å². The number of furan rings is 1. The normalized spacial score (nSPS) is 13.0. The molecule has 124 valence electrons. The van der Waals surface area contributed by atoms with Gasteiger partial charge in [-0.3, -0.25) is 4.99 Å². The third-order valence-corrected chi connectivity index (χ3v) is 3.91. The predicted octanol–water partition coefficient (Wildman–Crippen LogP) is 3.58. The minimum atomic E-state index is 0.355. The zero-order chi connectivity index (χ0) is 16.7. The van der Waals surface area contributed by atoms with Crippen LogP contribution in [0.4, 0.5) is 0 Å². The molecule has 0 amide bonds. The van der Waals surface area contributed by atoms with Crippen LogP contribution in [0.2, 0.25) is 0 Å². The summed E-state index contributed by atoms with van der Waals surface area (Å²) in [6.07, 6.45) is 2.13. The molecular formula is C19H27N3O. The molecule has 1 aromatic carbocycles. The van der Waals surface area contributed by atoms with Crippen LogP contribution in [0, 0.1) is 13.8 Å². The molecule has 4 heteroatoms. The van der Waals surface area contributed by atoms with Crippen molar-refractivity contribution in [1.82, 2.24) is 10.6 Å². The van der Waals surface area contributed by atoms with E-state index < -0.39 is 0 Å². The van der Waals surface area contributed by atoms with Crippen LogP contribution >= 0.6 is 0 Å². The number of aryl methyl sites for hydroxylation is 3. The summed E-state index contributed by atoms with van der Waals surface area (Å²) in [4.78, 5) is 4.30. The van der Waals surface area contributed by atoms with E-state index in [1.54, 1.807) is 7.05 Å². The van der Waals surface area contributed by atoms with Gasteiger partial charge in [-0.1, -0.05) is 30.3 Å². The van der Waals surface area contributed by atoms with Crippen molar-refractivity contribution in [3.63, 3.8) is 0 Å². The Morgan fingerprint density at radius 1 is 1.22 bits per heavy atom. The first-order valence-corrected chi connectivity index (χ1v) is 8.15. The molecule has 0 aliphatic carbocycles. The standard InChI is InChI=1S/C19H27N3O/c1-14(10-11-17-8-6-5-7-9-17)22-19(20-4)21-13-18-12-15(2)23-16(18)3/h5-9,12,14H,10-11,13H2,1-4H3,(H2,20,21,22). The largest absolute Gasteiger partial charge is 0.466 e. The van der Waals surface area contributed by atoms with Crippen LogP contribution in [-0.2, 0) is 13.0 Å². The fourth-order valence-corrected chi connectivity index (χ4v) is 2.57. The van der Waals surface area contributed by atoms with Crippen LogP contribution in [-0.4, -0.2) is 19.0 Å². The minimum absolute atomic E-state index is 0.355. The molecule has 1 atom stereocenters. The van der Waals surface area contributed by atoms with Gasteiger partial charge >= 0.3 is 0 Å². The summed E-state index contributed by atoms with van der Waals surface area (Å²) in [5, 5.41) is 6.79. The third-order valence-electron chi connectivity index (χ3n) is 3.91. The van der Waals surface area contributed by atoms with Gasteiger partial charge in [-0.2, -0.15) is 0 Å². The molecule has 0 aliphatic heterocycles. The monoisotopic (exact) mass is 313 g/mol. The van der Waals surface area contributed by atoms with Crippen LogP contribution < -0.4 is 10.6 Å². The second kappa shape index (κ2) is 8.42. The van der Waals surface area contributed by atoms with E-state index in [1.807, 2.05) is 13.8 Å². The van der Waals surface area contributed by atoms with E-state index in [9.17, 15) is 0 Å². The van der Waals surface area contributed by atoms with E-state index in [1.165, 1.54) is 11.1 Å². The lowest BCUT2D eigenvalue weighted by Crippen LogP contribution is -2.42. The highest BCUT2D eigenvalue weighted by molar-refractivity contribution is 5.79. The first-order valence-electron chi connectivity index (χ1n) is 8.15. The average Bonchev–Trinajstić information content (AvgIpc) is 2.88. The van der Waals surface area contributed by atoms with E-state index in [4.69, 9.17) is 4.42 Å². The van der Waals surface area contributed by atoms with Crippen molar-refractivity contribution in [3.8, 4) is 0 Å². The van der Waals surface area contributed by atoms with Gasteiger partial charge in [0.25, 0.3) is 0 Å². The molecule has 0 aliphatic rings. The highest BCUT2D eigenvalue weighted by atomic mass is 16.3. The molecule has 2 aromatic rings. The number of guanidine groups is 1. The Morgan fingerprint density at radius 3 is 2.57 bits per heavy atom. The van der Waals surface area contributed by atoms with Gasteiger partial charge in [0.15, 0.2) is 5.96 Å². The molecule has 1 unspecified atom stereocenters. The molecule has 0 radical (unpaired) electrons. The van der Waals surface area contributed by atoms with Crippen molar-refractivity contribution in [2.75, 3.05) is 7.05 Å². The van der Waals surface area contributed by atoms with Crippen LogP contribution in [0.3, 0.4) is 0 Å². The van der Waals surface area contributed by atoms with Crippen molar-refractivity contribution in [1.29, 1.82) is 0 Å². The summed E-state index contributed by atoms with van der Waals surface area (Å²) < 4.78 is 5.55. The van der Waals surface area contributed by atoms with Gasteiger partial charge in [-0.05, 0) is 45.2 Å². The lowest BCUT2D eigenvalue weighted by atomic mass is 10.1. The molecule has 2 rings (SSSR count). The van der Waals surface area contributed by atoms with Crippen molar-refractivity contribution in [2.45, 2.75) is 46.2 Å². The topological polar surface area (TPSA) is 49.6 Å². The maximum Gasteiger partial charge on any atom is 0.191 e. The van der Waals surface area contributed by atoms with Crippen molar-refractivity contribution in [2.24, 2.45) is 4.99 Å². The van der Waals surface area contributed by atoms with E-state index in [0.717, 1.165) is 30.3 Å². The SMILES string of the molecule is CN=C(NCc1cc(C)oc1C)NC(C)CCc1ccccc1. The number of hydrogen-bond donors (Lipinski definition) is 2. The Kier molecular flexibility index (Phi) is 6.27. The third kappa shape index (κ3) is 5.47. The smallest absolute Gasteiger partial charge is 0.191 e. The van der Waals surface area contributed by atoms with Crippen LogP contribution in [0.25, 0.3) is 0 Å². The molecule has 0 saturated carbocycles. The van der Waals surface area contributed by atoms with Gasteiger partial charge in [0, 0.05) is 25.2 Å². The lowest BCUT2D eigenvalue weighted by Gasteiger charge is -2.18. The van der Waals surface area contributed by atoms with Gasteiger partial charge in [0.05, 0.1) is 0 Å². The number of aliphatic imine (C=N–C) groups is 1. The maximum atomic E-state index is 5.55. The maximum absolute atomic E-state index is 5.55. The zero-order valence-corrected chi connectivity index (χ0v) is 14.5. The molecule has 0 spiro atoms. The van der Waals surface area contributed by atoms with E-state index in [2.05, 4.69) is 58.9 Å². The fourth-order valence-electron chi connectivity index (χ4n) is 2.57. The lowest BCUT2D eigenvalue weighted by molar-refractivity contribution is 0.500. The minimum Gasteiger partial charge on any atom is -0.466 e. The molecule has 1 heterocycles. The summed E-state index contributed by atoms with van der Waals surface area (Å²) in [7, 11) is 1.80. The number of nitrogens with zero attached hydrogens (tertiary/aromatic N) is 1. The van der Waals surface area contributed by atoms with Crippen molar-refractivity contribution in [3.05, 3.63) is 59.0 Å². The van der Waals surface area contributed by atoms with Gasteiger partial charge in [-0.15, -0.1) is 0 Å². The van der Waals surface area contributed by atoms with E-state index in [0.29, 0.717) is 12.6 Å². The van der Waals surface area contributed by atoms with Crippen LogP contribution in [0.5, 0.6) is 0 Å². The summed E-state index contributed by atoms with van der Waals surface area (Å²) in [6, 6.07) is 13.0. The number of nitrogens with one attached hydrogen (secondary N) is 2. The Morgan fingerprint density at radius 2 is 1.96 bits per heavy atom. The van der Waals surface area contributed by atoms with Crippen LogP contribution in [0.1, 0.15) is 36.0 Å². The first kappa shape index (κ1) is 17.1. The van der Waals surface area contributed by atoms with Gasteiger partial charge < -0.3 is 15.1 Å². The first-order chi connectivity index (χ1) is 11.1. The molecule has 0 fully saturated rings. The van der Waals surface area contributed by atoms with Crippen molar-refractivity contribution >= 4 is 5.96 Å². The number of benzene rings is 1. The molecule has 2 N–H and O–H groups in total. The average molecular weight is 313 g/mol. The highest BCUT2D eigenvalue weighted by Gasteiger charge is 2.08. The van der Waals surface area contributed by atoms with Gasteiger partial charge in [-0.25, -0.2) is 0 Å². The summed E-state index contributed by atoms with van der Waals surface area (Å²) in [6.45, 7) is 6.86. The Labute approximate surface area is 139 Å². The van der Waals surface area contributed by atoms with Crippen LogP contribution in [0.15, 0.2) is 45.8 Å². The summed E-state index contributed by atoms with van der Waals surface area (Å²) >= 11 is 0. The van der Waals surface area contributed by atoms with E-state index in [-0.39, 0.29) is 0 Å². The summed E-state index contributed by atoms with van der Waals surface area (Å²) in [5.74, 6) is 2.73. The zero-order valence-electron chi connectivity index (χ0n) is 14.5. The predicted molar refractivity (Wildman–Crippen MR) is 95.7 cm³/mol.